The fraction of sp³-hybridized carbons (Fsp3) is 0.294. The highest BCUT2D eigenvalue weighted by molar-refractivity contribution is 9.10. The summed E-state index contributed by atoms with van der Waals surface area (Å²) in [6, 6.07) is 12.7. The summed E-state index contributed by atoms with van der Waals surface area (Å²) in [5.74, 6) is 1.44. The van der Waals surface area contributed by atoms with Gasteiger partial charge in [0.25, 0.3) is 0 Å². The van der Waals surface area contributed by atoms with E-state index in [1.807, 2.05) is 30.3 Å². The molecule has 0 amide bonds. The van der Waals surface area contributed by atoms with Crippen LogP contribution in [0.5, 0.6) is 11.5 Å². The summed E-state index contributed by atoms with van der Waals surface area (Å²) in [6.45, 7) is 0. The van der Waals surface area contributed by atoms with Gasteiger partial charge < -0.3 is 9.47 Å². The second-order valence-electron chi connectivity index (χ2n) is 5.15. The number of benzene rings is 2. The summed E-state index contributed by atoms with van der Waals surface area (Å²) in [4.78, 5) is 0. The van der Waals surface area contributed by atoms with Crippen molar-refractivity contribution in [3.05, 3.63) is 58.1 Å². The molecule has 4 nitrogen and oxygen atoms in total. The van der Waals surface area contributed by atoms with Gasteiger partial charge in [0.05, 0.1) is 25.7 Å². The van der Waals surface area contributed by atoms with Gasteiger partial charge in [-0.2, -0.15) is 0 Å². The van der Waals surface area contributed by atoms with E-state index in [0.29, 0.717) is 17.9 Å². The van der Waals surface area contributed by atoms with Gasteiger partial charge in [-0.05, 0) is 35.7 Å². The van der Waals surface area contributed by atoms with Crippen LogP contribution in [0.2, 0.25) is 0 Å². The van der Waals surface area contributed by atoms with Gasteiger partial charge in [0.15, 0.2) is 9.84 Å². The lowest BCUT2D eigenvalue weighted by atomic mass is 10.1. The fourth-order valence-corrected chi connectivity index (χ4v) is 3.87. The van der Waals surface area contributed by atoms with Crippen LogP contribution in [0.4, 0.5) is 0 Å². The molecule has 23 heavy (non-hydrogen) atoms. The minimum atomic E-state index is -3.19. The number of hydrogen-bond donors (Lipinski definition) is 0. The predicted molar refractivity (Wildman–Crippen MR) is 94.9 cm³/mol. The molecular formula is C17H19BrO4S. The van der Waals surface area contributed by atoms with Crippen LogP contribution in [0, 0.1) is 0 Å². The van der Waals surface area contributed by atoms with Gasteiger partial charge >= 0.3 is 0 Å². The Labute approximate surface area is 145 Å². The van der Waals surface area contributed by atoms with Crippen LogP contribution in [0.3, 0.4) is 0 Å². The molecule has 0 fully saturated rings. The van der Waals surface area contributed by atoms with E-state index in [1.165, 1.54) is 0 Å². The smallest absolute Gasteiger partial charge is 0.154 e. The summed E-state index contributed by atoms with van der Waals surface area (Å²) >= 11 is 3.34. The third-order valence-electron chi connectivity index (χ3n) is 3.48. The first-order valence-electron chi connectivity index (χ1n) is 7.09. The number of hydrogen-bond acceptors (Lipinski definition) is 4. The van der Waals surface area contributed by atoms with E-state index in [-0.39, 0.29) is 11.5 Å². The summed E-state index contributed by atoms with van der Waals surface area (Å²) in [7, 11) is -0.0439. The number of rotatable bonds is 7. The van der Waals surface area contributed by atoms with Gasteiger partial charge in [0, 0.05) is 10.5 Å². The van der Waals surface area contributed by atoms with E-state index in [2.05, 4.69) is 15.9 Å². The molecule has 2 aromatic rings. The van der Waals surface area contributed by atoms with E-state index in [9.17, 15) is 8.42 Å². The first-order valence-corrected chi connectivity index (χ1v) is 9.71. The molecule has 0 N–H and O–H groups in total. The van der Waals surface area contributed by atoms with Crippen molar-refractivity contribution in [1.29, 1.82) is 0 Å². The summed E-state index contributed by atoms with van der Waals surface area (Å²) in [5.41, 5.74) is 1.64. The second kappa shape index (κ2) is 7.84. The highest BCUT2D eigenvalue weighted by Gasteiger charge is 2.14. The number of halogens is 1. The Kier molecular flexibility index (Phi) is 6.07. The third-order valence-corrected chi connectivity index (χ3v) is 5.60. The first kappa shape index (κ1) is 17.8. The van der Waals surface area contributed by atoms with Crippen molar-refractivity contribution in [2.75, 3.05) is 20.0 Å². The lowest BCUT2D eigenvalue weighted by Gasteiger charge is -2.11. The molecule has 6 heteroatoms. The minimum absolute atomic E-state index is 0.0404. The Morgan fingerprint density at radius 2 is 1.70 bits per heavy atom. The Morgan fingerprint density at radius 1 is 1.00 bits per heavy atom. The van der Waals surface area contributed by atoms with Crippen LogP contribution in [-0.4, -0.2) is 28.4 Å². The van der Waals surface area contributed by atoms with E-state index in [1.54, 1.807) is 26.4 Å². The normalized spacial score (nSPS) is 11.3. The molecule has 0 aliphatic carbocycles. The maximum absolute atomic E-state index is 12.3. The lowest BCUT2D eigenvalue weighted by Crippen LogP contribution is -2.12. The number of methoxy groups -OCH3 is 2. The van der Waals surface area contributed by atoms with Crippen LogP contribution in [0.15, 0.2) is 46.9 Å². The summed E-state index contributed by atoms with van der Waals surface area (Å²) < 4.78 is 36.0. The highest BCUT2D eigenvalue weighted by atomic mass is 79.9. The number of sulfone groups is 1. The topological polar surface area (TPSA) is 52.6 Å². The third kappa shape index (κ3) is 5.25. The predicted octanol–water partition coefficient (Wildman–Crippen LogP) is 3.62. The Balaban J connectivity index is 2.05. The lowest BCUT2D eigenvalue weighted by molar-refractivity contribution is 0.391. The standard InChI is InChI=1S/C17H19BrO4S/c1-21-16-8-5-14(17(11-16)22-2)9-10-23(19,20)12-13-3-6-15(18)7-4-13/h3-8,11H,9-10,12H2,1-2H3. The van der Waals surface area contributed by atoms with Crippen LogP contribution in [0.1, 0.15) is 11.1 Å². The van der Waals surface area contributed by atoms with E-state index < -0.39 is 9.84 Å². The molecule has 0 spiro atoms. The molecule has 0 saturated carbocycles. The van der Waals surface area contributed by atoms with Gasteiger partial charge in [0.1, 0.15) is 11.5 Å². The molecule has 0 aliphatic heterocycles. The molecule has 0 bridgehead atoms. The van der Waals surface area contributed by atoms with Crippen molar-refractivity contribution >= 4 is 25.8 Å². The van der Waals surface area contributed by atoms with E-state index in [4.69, 9.17) is 9.47 Å². The zero-order valence-electron chi connectivity index (χ0n) is 13.1. The molecular weight excluding hydrogens is 380 g/mol. The van der Waals surface area contributed by atoms with Crippen molar-refractivity contribution in [3.8, 4) is 11.5 Å². The van der Waals surface area contributed by atoms with Gasteiger partial charge in [0.2, 0.25) is 0 Å². The molecule has 0 heterocycles. The van der Waals surface area contributed by atoms with Gasteiger partial charge in [-0.25, -0.2) is 8.42 Å². The maximum Gasteiger partial charge on any atom is 0.154 e. The van der Waals surface area contributed by atoms with Crippen LogP contribution >= 0.6 is 15.9 Å². The Bertz CT molecular complexity index is 755. The van der Waals surface area contributed by atoms with E-state index in [0.717, 1.165) is 15.6 Å². The Hall–Kier alpha value is -1.53. The summed E-state index contributed by atoms with van der Waals surface area (Å²) in [6.07, 6.45) is 0.409. The van der Waals surface area contributed by atoms with Crippen molar-refractivity contribution < 1.29 is 17.9 Å². The van der Waals surface area contributed by atoms with Crippen LogP contribution in [0.25, 0.3) is 0 Å². The van der Waals surface area contributed by atoms with Crippen LogP contribution in [-0.2, 0) is 22.0 Å². The molecule has 0 radical (unpaired) electrons. The highest BCUT2D eigenvalue weighted by Crippen LogP contribution is 2.25. The molecule has 2 aromatic carbocycles. The zero-order valence-corrected chi connectivity index (χ0v) is 15.5. The van der Waals surface area contributed by atoms with Crippen molar-refractivity contribution in [3.63, 3.8) is 0 Å². The average molecular weight is 399 g/mol. The molecule has 0 unspecified atom stereocenters. The van der Waals surface area contributed by atoms with Crippen molar-refractivity contribution in [2.24, 2.45) is 0 Å². The molecule has 0 aliphatic rings. The molecule has 0 saturated heterocycles. The van der Waals surface area contributed by atoms with Gasteiger partial charge in [-0.15, -0.1) is 0 Å². The van der Waals surface area contributed by atoms with Crippen molar-refractivity contribution in [1.82, 2.24) is 0 Å². The van der Waals surface area contributed by atoms with Crippen LogP contribution < -0.4 is 9.47 Å². The molecule has 124 valence electrons. The fourth-order valence-electron chi connectivity index (χ4n) is 2.23. The monoisotopic (exact) mass is 398 g/mol. The number of aryl methyl sites for hydroxylation is 1. The minimum Gasteiger partial charge on any atom is -0.497 e. The molecule has 0 atom stereocenters. The second-order valence-corrected chi connectivity index (χ2v) is 8.25. The number of ether oxygens (including phenoxy) is 2. The van der Waals surface area contributed by atoms with Crippen molar-refractivity contribution in [2.45, 2.75) is 12.2 Å². The Morgan fingerprint density at radius 3 is 2.30 bits per heavy atom. The van der Waals surface area contributed by atoms with Gasteiger partial charge in [-0.3, -0.25) is 0 Å². The summed E-state index contributed by atoms with van der Waals surface area (Å²) in [5, 5.41) is 0. The SMILES string of the molecule is COc1ccc(CCS(=O)(=O)Cc2ccc(Br)cc2)c(OC)c1. The van der Waals surface area contributed by atoms with E-state index >= 15 is 0 Å². The first-order chi connectivity index (χ1) is 10.9. The quantitative estimate of drug-likeness (QED) is 0.714. The van der Waals surface area contributed by atoms with Gasteiger partial charge in [-0.1, -0.05) is 34.1 Å². The molecule has 0 aromatic heterocycles. The average Bonchev–Trinajstić information content (AvgIpc) is 2.54. The molecule has 2 rings (SSSR count). The maximum atomic E-state index is 12.3. The largest absolute Gasteiger partial charge is 0.497 e. The zero-order chi connectivity index (χ0) is 16.9.